The predicted molar refractivity (Wildman–Crippen MR) is 95.4 cm³/mol. The second-order valence-electron chi connectivity index (χ2n) is 7.26. The van der Waals surface area contributed by atoms with Gasteiger partial charge in [-0.15, -0.1) is 11.3 Å². The van der Waals surface area contributed by atoms with Crippen LogP contribution in [0.25, 0.3) is 0 Å². The van der Waals surface area contributed by atoms with Gasteiger partial charge in [0.2, 0.25) is 5.91 Å². The Labute approximate surface area is 150 Å². The van der Waals surface area contributed by atoms with E-state index in [9.17, 15) is 4.79 Å². The standard InChI is InChI=1S/C18H21N5OS/c24-18-12-4-5-14(23(18)7-13-9-25-11-21-13)8-22(6-12)17-15-2-1-3-16(15)19-10-20-17/h9-12,14H,1-8H2/t12-,14+/m0/s1. The molecule has 2 aromatic rings. The van der Waals surface area contributed by atoms with Crippen LogP contribution in [0.4, 0.5) is 5.82 Å². The average molecular weight is 355 g/mol. The molecular formula is C18H21N5OS. The van der Waals surface area contributed by atoms with Gasteiger partial charge < -0.3 is 9.80 Å². The molecular weight excluding hydrogens is 334 g/mol. The van der Waals surface area contributed by atoms with Crippen LogP contribution in [0, 0.1) is 5.92 Å². The van der Waals surface area contributed by atoms with Crippen LogP contribution in [0.3, 0.4) is 0 Å². The molecule has 3 aliphatic heterocycles. The van der Waals surface area contributed by atoms with Gasteiger partial charge in [-0.3, -0.25) is 4.79 Å². The van der Waals surface area contributed by atoms with E-state index in [1.54, 1.807) is 17.7 Å². The van der Waals surface area contributed by atoms with E-state index in [-0.39, 0.29) is 17.9 Å². The molecule has 6 rings (SSSR count). The number of aromatic nitrogens is 3. The van der Waals surface area contributed by atoms with Crippen molar-refractivity contribution in [3.8, 4) is 0 Å². The second-order valence-corrected chi connectivity index (χ2v) is 7.97. The number of thiazole rings is 1. The highest BCUT2D eigenvalue weighted by Crippen LogP contribution is 2.35. The van der Waals surface area contributed by atoms with Gasteiger partial charge in [-0.05, 0) is 32.1 Å². The van der Waals surface area contributed by atoms with Crippen molar-refractivity contribution >= 4 is 23.1 Å². The number of piperidine rings is 1. The summed E-state index contributed by atoms with van der Waals surface area (Å²) < 4.78 is 0. The summed E-state index contributed by atoms with van der Waals surface area (Å²) in [5.41, 5.74) is 5.35. The zero-order valence-electron chi connectivity index (χ0n) is 14.1. The number of rotatable bonds is 3. The summed E-state index contributed by atoms with van der Waals surface area (Å²) in [4.78, 5) is 30.8. The number of anilines is 1. The molecule has 2 atom stereocenters. The van der Waals surface area contributed by atoms with Gasteiger partial charge in [0.25, 0.3) is 0 Å². The molecule has 0 N–H and O–H groups in total. The van der Waals surface area contributed by atoms with Crippen LogP contribution in [0.5, 0.6) is 0 Å². The molecule has 0 spiro atoms. The summed E-state index contributed by atoms with van der Waals surface area (Å²) in [5, 5.41) is 2.04. The van der Waals surface area contributed by atoms with Crippen molar-refractivity contribution in [1.82, 2.24) is 19.9 Å². The number of aryl methyl sites for hydroxylation is 1. The molecule has 130 valence electrons. The summed E-state index contributed by atoms with van der Waals surface area (Å²) in [7, 11) is 0. The highest BCUT2D eigenvalue weighted by atomic mass is 32.1. The first kappa shape index (κ1) is 15.3. The van der Waals surface area contributed by atoms with E-state index in [0.29, 0.717) is 6.54 Å². The van der Waals surface area contributed by atoms with E-state index < -0.39 is 0 Å². The highest BCUT2D eigenvalue weighted by molar-refractivity contribution is 7.07. The fourth-order valence-corrected chi connectivity index (χ4v) is 5.08. The number of carbonyl (C=O) groups is 1. The van der Waals surface area contributed by atoms with Gasteiger partial charge in [-0.25, -0.2) is 15.0 Å². The topological polar surface area (TPSA) is 62.2 Å². The van der Waals surface area contributed by atoms with Crippen molar-refractivity contribution in [2.45, 2.75) is 44.7 Å². The molecule has 2 aromatic heterocycles. The minimum Gasteiger partial charge on any atom is -0.353 e. The highest BCUT2D eigenvalue weighted by Gasteiger charge is 2.41. The quantitative estimate of drug-likeness (QED) is 0.843. The fourth-order valence-electron chi connectivity index (χ4n) is 4.53. The summed E-state index contributed by atoms with van der Waals surface area (Å²) in [6.45, 7) is 2.29. The Morgan fingerprint density at radius 2 is 2.12 bits per heavy atom. The first-order valence-corrected chi connectivity index (χ1v) is 9.99. The summed E-state index contributed by atoms with van der Waals surface area (Å²) >= 11 is 1.59. The van der Waals surface area contributed by atoms with E-state index in [1.165, 1.54) is 11.3 Å². The monoisotopic (exact) mass is 355 g/mol. The van der Waals surface area contributed by atoms with Gasteiger partial charge in [-0.2, -0.15) is 0 Å². The third kappa shape index (κ3) is 2.61. The van der Waals surface area contributed by atoms with Gasteiger partial charge in [0.05, 0.1) is 23.7 Å². The molecule has 0 saturated carbocycles. The fraction of sp³-hybridized carbons (Fsp3) is 0.556. The van der Waals surface area contributed by atoms with Gasteiger partial charge >= 0.3 is 0 Å². The van der Waals surface area contributed by atoms with Crippen LogP contribution in [-0.4, -0.2) is 44.9 Å². The first-order valence-electron chi connectivity index (χ1n) is 9.05. The van der Waals surface area contributed by atoms with Crippen molar-refractivity contribution < 1.29 is 4.79 Å². The molecule has 1 amide bonds. The zero-order chi connectivity index (χ0) is 16.8. The summed E-state index contributed by atoms with van der Waals surface area (Å²) in [6.07, 6.45) is 7.04. The Morgan fingerprint density at radius 3 is 3.00 bits per heavy atom. The number of nitrogens with zero attached hydrogens (tertiary/aromatic N) is 5. The lowest BCUT2D eigenvalue weighted by molar-refractivity contribution is -0.140. The molecule has 5 heterocycles. The SMILES string of the molecule is O=C1[C@H]2CC[C@H](CN(c3ncnc4c3CCC4)C2)N1Cc1cscn1. The lowest BCUT2D eigenvalue weighted by Gasteiger charge is -2.35. The maximum atomic E-state index is 13.0. The number of amides is 1. The maximum absolute atomic E-state index is 13.0. The average Bonchev–Trinajstić information content (AvgIpc) is 3.24. The van der Waals surface area contributed by atoms with E-state index in [1.807, 2.05) is 10.9 Å². The summed E-state index contributed by atoms with van der Waals surface area (Å²) in [5.74, 6) is 1.43. The predicted octanol–water partition coefficient (Wildman–Crippen LogP) is 2.05. The minimum atomic E-state index is 0.0735. The van der Waals surface area contributed by atoms with Gasteiger partial charge in [0.15, 0.2) is 0 Å². The normalized spacial score (nSPS) is 25.4. The molecule has 3 fully saturated rings. The van der Waals surface area contributed by atoms with Crippen molar-refractivity contribution in [1.29, 1.82) is 0 Å². The maximum Gasteiger partial charge on any atom is 0.228 e. The van der Waals surface area contributed by atoms with Gasteiger partial charge in [0, 0.05) is 35.8 Å². The molecule has 0 aromatic carbocycles. The van der Waals surface area contributed by atoms with Gasteiger partial charge in [-0.1, -0.05) is 0 Å². The molecule has 2 bridgehead atoms. The second kappa shape index (κ2) is 6.05. The van der Waals surface area contributed by atoms with E-state index in [2.05, 4.69) is 24.8 Å². The van der Waals surface area contributed by atoms with Crippen LogP contribution < -0.4 is 4.90 Å². The Morgan fingerprint density at radius 1 is 1.16 bits per heavy atom. The third-order valence-electron chi connectivity index (χ3n) is 5.76. The van der Waals surface area contributed by atoms with Crippen molar-refractivity contribution in [3.63, 3.8) is 0 Å². The lowest BCUT2D eigenvalue weighted by Crippen LogP contribution is -2.47. The van der Waals surface area contributed by atoms with Crippen LogP contribution in [0.1, 0.15) is 36.2 Å². The van der Waals surface area contributed by atoms with Crippen molar-refractivity contribution in [3.05, 3.63) is 34.2 Å². The molecule has 0 unspecified atom stereocenters. The number of fused-ring (bicyclic) bond motifs is 5. The molecule has 3 saturated heterocycles. The largest absolute Gasteiger partial charge is 0.353 e. The molecule has 1 aliphatic carbocycles. The van der Waals surface area contributed by atoms with Crippen LogP contribution >= 0.6 is 11.3 Å². The molecule has 4 aliphatic rings. The van der Waals surface area contributed by atoms with Crippen LogP contribution in [-0.2, 0) is 24.2 Å². The van der Waals surface area contributed by atoms with Gasteiger partial charge in [0.1, 0.15) is 12.1 Å². The third-order valence-corrected chi connectivity index (χ3v) is 6.40. The number of carbonyl (C=O) groups excluding carboxylic acids is 1. The summed E-state index contributed by atoms with van der Waals surface area (Å²) in [6, 6.07) is 0.250. The Kier molecular flexibility index (Phi) is 3.69. The lowest BCUT2D eigenvalue weighted by atomic mass is 9.94. The van der Waals surface area contributed by atoms with Crippen LogP contribution in [0.2, 0.25) is 0 Å². The molecule has 0 radical (unpaired) electrons. The van der Waals surface area contributed by atoms with Crippen molar-refractivity contribution in [2.24, 2.45) is 5.92 Å². The number of hydrogen-bond donors (Lipinski definition) is 0. The number of hydrogen-bond acceptors (Lipinski definition) is 6. The Balaban J connectivity index is 1.45. The van der Waals surface area contributed by atoms with E-state index >= 15 is 0 Å². The molecule has 25 heavy (non-hydrogen) atoms. The molecule has 6 nitrogen and oxygen atoms in total. The zero-order valence-corrected chi connectivity index (χ0v) is 14.9. The smallest absolute Gasteiger partial charge is 0.228 e. The van der Waals surface area contributed by atoms with E-state index in [0.717, 1.165) is 56.7 Å². The minimum absolute atomic E-state index is 0.0735. The van der Waals surface area contributed by atoms with E-state index in [4.69, 9.17) is 0 Å². The Hall–Kier alpha value is -2.02. The van der Waals surface area contributed by atoms with Crippen LogP contribution in [0.15, 0.2) is 17.2 Å². The van der Waals surface area contributed by atoms with Crippen molar-refractivity contribution in [2.75, 3.05) is 18.0 Å². The Bertz CT molecular complexity index is 793. The first-order chi connectivity index (χ1) is 12.3. The molecule has 7 heteroatoms.